The Hall–Kier alpha value is -1.06. The highest BCUT2D eigenvalue weighted by Crippen LogP contribution is 2.26. The minimum Gasteiger partial charge on any atom is -0.375 e. The minimum absolute atomic E-state index is 0.870. The molecule has 0 aliphatic rings. The molecular formula is C6H6F8N2. The molecule has 0 unspecified atom stereocenters. The van der Waals surface area contributed by atoms with Gasteiger partial charge in [-0.3, -0.25) is 0 Å². The van der Waals surface area contributed by atoms with E-state index >= 15 is 0 Å². The van der Waals surface area contributed by atoms with Gasteiger partial charge < -0.3 is 5.32 Å². The summed E-state index contributed by atoms with van der Waals surface area (Å²) in [6.07, 6.45) is -13.1. The molecule has 16 heavy (non-hydrogen) atoms. The fourth-order valence-corrected chi connectivity index (χ4v) is 0.666. The van der Waals surface area contributed by atoms with E-state index in [4.69, 9.17) is 0 Å². The highest BCUT2D eigenvalue weighted by atomic mass is 19.4. The zero-order chi connectivity index (χ0) is 13.0. The van der Waals surface area contributed by atoms with Crippen molar-refractivity contribution in [1.29, 1.82) is 0 Å². The van der Waals surface area contributed by atoms with Gasteiger partial charge in [0.2, 0.25) is 0 Å². The van der Waals surface area contributed by atoms with E-state index in [0.717, 1.165) is 5.32 Å². The lowest BCUT2D eigenvalue weighted by Gasteiger charge is -2.14. The van der Waals surface area contributed by atoms with Crippen LogP contribution in [0.25, 0.3) is 0 Å². The van der Waals surface area contributed by atoms with E-state index in [9.17, 15) is 35.1 Å². The highest BCUT2D eigenvalue weighted by molar-refractivity contribution is 5.06. The van der Waals surface area contributed by atoms with E-state index in [1.807, 2.05) is 0 Å². The molecule has 0 aliphatic carbocycles. The average Bonchev–Trinajstić information content (AvgIpc) is 1.97. The van der Waals surface area contributed by atoms with Crippen molar-refractivity contribution in [2.45, 2.75) is 12.5 Å². The Morgan fingerprint density at radius 1 is 0.875 bits per heavy atom. The summed E-state index contributed by atoms with van der Waals surface area (Å²) < 4.78 is 93.1. The third kappa shape index (κ3) is 6.43. The number of hydrogen-bond acceptors (Lipinski definition) is 2. The molecule has 10 heteroatoms. The van der Waals surface area contributed by atoms with Gasteiger partial charge in [-0.1, -0.05) is 0 Å². The molecule has 0 spiro atoms. The van der Waals surface area contributed by atoms with Crippen molar-refractivity contribution in [3.63, 3.8) is 0 Å². The number of allylic oxidation sites excluding steroid dienone is 1. The van der Waals surface area contributed by atoms with Crippen LogP contribution in [0.15, 0.2) is 11.8 Å². The van der Waals surface area contributed by atoms with Crippen LogP contribution in [0.5, 0.6) is 0 Å². The summed E-state index contributed by atoms with van der Waals surface area (Å²) >= 11 is 0. The van der Waals surface area contributed by atoms with Crippen LogP contribution in [-0.4, -0.2) is 25.6 Å². The van der Waals surface area contributed by atoms with Crippen molar-refractivity contribution in [2.24, 2.45) is 0 Å². The summed E-state index contributed by atoms with van der Waals surface area (Å²) in [5.74, 6) is 0. The standard InChI is InChI=1S/C6H6F8N2/c7-4(8)3(5(9,10)11)15-1-2-16-6(12,13)14/h15-16H,1-2H2. The molecule has 0 rings (SSSR count). The lowest BCUT2D eigenvalue weighted by atomic mass is 10.4. The first-order valence-electron chi connectivity index (χ1n) is 3.72. The Balaban J connectivity index is 4.14. The second-order valence-electron chi connectivity index (χ2n) is 2.48. The van der Waals surface area contributed by atoms with Gasteiger partial charge in [0.1, 0.15) is 0 Å². The van der Waals surface area contributed by atoms with Gasteiger partial charge in [0.05, 0.1) is 0 Å². The maximum absolute atomic E-state index is 11.8. The quantitative estimate of drug-likeness (QED) is 0.459. The Labute approximate surface area is 84.3 Å². The smallest absolute Gasteiger partial charge is 0.375 e. The van der Waals surface area contributed by atoms with Crippen LogP contribution in [0.1, 0.15) is 0 Å². The Kier molecular flexibility index (Phi) is 4.97. The number of alkyl halides is 6. The molecule has 96 valence electrons. The van der Waals surface area contributed by atoms with E-state index < -0.39 is 37.3 Å². The molecule has 0 aromatic carbocycles. The van der Waals surface area contributed by atoms with E-state index in [2.05, 4.69) is 0 Å². The Bertz CT molecular complexity index is 248. The van der Waals surface area contributed by atoms with Crippen LogP contribution in [0.4, 0.5) is 35.1 Å². The van der Waals surface area contributed by atoms with Crippen LogP contribution in [0, 0.1) is 0 Å². The van der Waals surface area contributed by atoms with Crippen LogP contribution in [0.2, 0.25) is 0 Å². The second kappa shape index (κ2) is 5.32. The fourth-order valence-electron chi connectivity index (χ4n) is 0.666. The van der Waals surface area contributed by atoms with Crippen LogP contribution in [-0.2, 0) is 0 Å². The number of rotatable bonds is 4. The third-order valence-corrected chi connectivity index (χ3v) is 1.22. The van der Waals surface area contributed by atoms with Crippen molar-refractivity contribution < 1.29 is 35.1 Å². The number of halogens is 8. The first kappa shape index (κ1) is 14.9. The SMILES string of the molecule is FC(F)=C(NCCNC(F)(F)F)C(F)(F)F. The van der Waals surface area contributed by atoms with Crippen LogP contribution in [0.3, 0.4) is 0 Å². The molecule has 2 N–H and O–H groups in total. The predicted octanol–water partition coefficient (Wildman–Crippen LogP) is 2.36. The molecule has 0 aromatic heterocycles. The molecular weight excluding hydrogens is 252 g/mol. The molecule has 0 saturated carbocycles. The Morgan fingerprint density at radius 3 is 1.69 bits per heavy atom. The zero-order valence-corrected chi connectivity index (χ0v) is 7.44. The van der Waals surface area contributed by atoms with Gasteiger partial charge in [-0.05, 0) is 0 Å². The lowest BCUT2D eigenvalue weighted by molar-refractivity contribution is -0.156. The monoisotopic (exact) mass is 258 g/mol. The molecule has 0 atom stereocenters. The fraction of sp³-hybridized carbons (Fsp3) is 0.667. The summed E-state index contributed by atoms with van der Waals surface area (Å²) in [4.78, 5) is 0. The number of hydrogen-bond donors (Lipinski definition) is 2. The van der Waals surface area contributed by atoms with Gasteiger partial charge in [-0.2, -0.15) is 35.1 Å². The molecule has 0 aromatic rings. The highest BCUT2D eigenvalue weighted by Gasteiger charge is 2.38. The van der Waals surface area contributed by atoms with Gasteiger partial charge >= 0.3 is 12.5 Å². The van der Waals surface area contributed by atoms with Crippen molar-refractivity contribution >= 4 is 0 Å². The van der Waals surface area contributed by atoms with Crippen LogP contribution >= 0.6 is 0 Å². The maximum Gasteiger partial charge on any atom is 0.457 e. The van der Waals surface area contributed by atoms with Gasteiger partial charge in [-0.15, -0.1) is 0 Å². The summed E-state index contributed by atoms with van der Waals surface area (Å²) in [6, 6.07) is 0. The molecule has 2 nitrogen and oxygen atoms in total. The van der Waals surface area contributed by atoms with Crippen molar-refractivity contribution in [1.82, 2.24) is 10.6 Å². The van der Waals surface area contributed by atoms with Gasteiger partial charge in [0, 0.05) is 13.1 Å². The topological polar surface area (TPSA) is 24.1 Å². The first-order chi connectivity index (χ1) is 7.04. The summed E-state index contributed by atoms with van der Waals surface area (Å²) in [6.45, 7) is -1.90. The van der Waals surface area contributed by atoms with Crippen molar-refractivity contribution in [3.8, 4) is 0 Å². The van der Waals surface area contributed by atoms with Gasteiger partial charge in [0.15, 0.2) is 5.70 Å². The van der Waals surface area contributed by atoms with E-state index in [1.165, 1.54) is 5.32 Å². The summed E-state index contributed by atoms with van der Waals surface area (Å²) in [7, 11) is 0. The summed E-state index contributed by atoms with van der Waals surface area (Å²) in [5.41, 5.74) is -2.34. The van der Waals surface area contributed by atoms with Crippen molar-refractivity contribution in [2.75, 3.05) is 13.1 Å². The van der Waals surface area contributed by atoms with E-state index in [1.54, 1.807) is 0 Å². The maximum atomic E-state index is 11.8. The minimum atomic E-state index is -5.32. The second-order valence-corrected chi connectivity index (χ2v) is 2.48. The normalized spacial score (nSPS) is 12.5. The molecule has 0 aliphatic heterocycles. The molecule has 0 fully saturated rings. The number of nitrogens with one attached hydrogen (secondary N) is 2. The molecule has 0 heterocycles. The lowest BCUT2D eigenvalue weighted by Crippen LogP contribution is -2.38. The average molecular weight is 258 g/mol. The first-order valence-corrected chi connectivity index (χ1v) is 3.72. The summed E-state index contributed by atoms with van der Waals surface area (Å²) in [5, 5.41) is 2.04. The van der Waals surface area contributed by atoms with Gasteiger partial charge in [-0.25, -0.2) is 5.32 Å². The predicted molar refractivity (Wildman–Crippen MR) is 37.4 cm³/mol. The van der Waals surface area contributed by atoms with Crippen molar-refractivity contribution in [3.05, 3.63) is 11.8 Å². The largest absolute Gasteiger partial charge is 0.457 e. The molecule has 0 saturated heterocycles. The van der Waals surface area contributed by atoms with Crippen LogP contribution < -0.4 is 10.6 Å². The Morgan fingerprint density at radius 2 is 1.38 bits per heavy atom. The molecule has 0 bridgehead atoms. The van der Waals surface area contributed by atoms with E-state index in [0.29, 0.717) is 0 Å². The molecule has 0 radical (unpaired) electrons. The third-order valence-electron chi connectivity index (χ3n) is 1.22. The molecule has 0 amide bonds. The zero-order valence-electron chi connectivity index (χ0n) is 7.44. The van der Waals surface area contributed by atoms with E-state index in [-0.39, 0.29) is 0 Å². The van der Waals surface area contributed by atoms with Gasteiger partial charge in [0.25, 0.3) is 6.08 Å².